The lowest BCUT2D eigenvalue weighted by atomic mass is 10.2. The third-order valence-corrected chi connectivity index (χ3v) is 6.14. The molecule has 1 aliphatic heterocycles. The van der Waals surface area contributed by atoms with E-state index in [1.807, 2.05) is 0 Å². The second-order valence-corrected chi connectivity index (χ2v) is 8.15. The Kier molecular flexibility index (Phi) is 3.94. The first-order chi connectivity index (χ1) is 10.4. The van der Waals surface area contributed by atoms with Crippen LogP contribution >= 0.6 is 30.7 Å². The molecule has 2 aromatic rings. The van der Waals surface area contributed by atoms with E-state index in [1.165, 1.54) is 10.7 Å². The molecule has 0 radical (unpaired) electrons. The second kappa shape index (κ2) is 5.62. The molecule has 7 heteroatoms. The summed E-state index contributed by atoms with van der Waals surface area (Å²) in [5.41, 5.74) is 0.771. The summed E-state index contributed by atoms with van der Waals surface area (Å²) in [4.78, 5) is 12.8. The van der Waals surface area contributed by atoms with Crippen molar-refractivity contribution in [2.24, 2.45) is 0 Å². The molecule has 2 aromatic carbocycles. The molecule has 114 valence electrons. The van der Waals surface area contributed by atoms with E-state index in [0.29, 0.717) is 21.3 Å². The quantitative estimate of drug-likeness (QED) is 0.691. The maximum atomic E-state index is 13.1. The fourth-order valence-electron chi connectivity index (χ4n) is 2.30. The molecule has 1 unspecified atom stereocenters. The molecule has 1 aliphatic rings. The number of carbonyl (C=O) groups excluding carboxylic acids is 1. The largest absolute Gasteiger partial charge is 0.428 e. The lowest BCUT2D eigenvalue weighted by Crippen LogP contribution is -2.34. The van der Waals surface area contributed by atoms with Crippen LogP contribution in [-0.4, -0.2) is 12.1 Å². The summed E-state index contributed by atoms with van der Waals surface area (Å²) in [6, 6.07) is 11.3. The molecule has 1 amide bonds. The number of amides is 1. The van der Waals surface area contributed by atoms with Crippen LogP contribution in [0.1, 0.15) is 17.3 Å². The summed E-state index contributed by atoms with van der Waals surface area (Å²) >= 11 is 11.9. The van der Waals surface area contributed by atoms with Gasteiger partial charge in [0.1, 0.15) is 5.75 Å². The Balaban J connectivity index is 2.18. The van der Waals surface area contributed by atoms with Crippen LogP contribution in [-0.2, 0) is 4.57 Å². The van der Waals surface area contributed by atoms with Crippen molar-refractivity contribution in [3.8, 4) is 5.75 Å². The Bertz CT molecular complexity index is 809. The Morgan fingerprint density at radius 1 is 1.14 bits per heavy atom. The van der Waals surface area contributed by atoms with Gasteiger partial charge in [-0.2, -0.15) is 0 Å². The molecule has 0 fully saturated rings. The molecule has 1 atom stereocenters. The third kappa shape index (κ3) is 2.52. The minimum Gasteiger partial charge on any atom is -0.428 e. The van der Waals surface area contributed by atoms with Crippen molar-refractivity contribution in [2.75, 3.05) is 10.8 Å². The number of benzene rings is 2. The van der Waals surface area contributed by atoms with Gasteiger partial charge in [-0.15, -0.1) is 0 Å². The van der Waals surface area contributed by atoms with Gasteiger partial charge in [0.2, 0.25) is 0 Å². The van der Waals surface area contributed by atoms with Gasteiger partial charge in [-0.25, -0.2) is 4.67 Å². The summed E-state index contributed by atoms with van der Waals surface area (Å²) in [7, 11) is -3.39. The van der Waals surface area contributed by atoms with Crippen molar-refractivity contribution in [3.63, 3.8) is 0 Å². The maximum Gasteiger partial charge on any atom is 0.350 e. The van der Waals surface area contributed by atoms with Crippen LogP contribution < -0.4 is 9.19 Å². The molecule has 0 aliphatic carbocycles. The van der Waals surface area contributed by atoms with Crippen LogP contribution in [0.25, 0.3) is 0 Å². The van der Waals surface area contributed by atoms with E-state index >= 15 is 0 Å². The molecule has 22 heavy (non-hydrogen) atoms. The normalized spacial score (nSPS) is 20.5. The number of hydrogen-bond donors (Lipinski definition) is 0. The van der Waals surface area contributed by atoms with Crippen molar-refractivity contribution in [1.29, 1.82) is 0 Å². The van der Waals surface area contributed by atoms with Gasteiger partial charge in [0.25, 0.3) is 5.91 Å². The Labute approximate surface area is 138 Å². The standard InChI is InChI=1S/C15H12Cl2NO3P/c1-2-22(20)18(12-5-3-4-10(16)8-12)15(19)13-7-6-11(17)9-14(13)21-22/h3-9H,2H2,1H3. The summed E-state index contributed by atoms with van der Waals surface area (Å²) in [6.45, 7) is 1.71. The first-order valence-corrected chi connectivity index (χ1v) is 9.15. The van der Waals surface area contributed by atoms with E-state index in [9.17, 15) is 9.36 Å². The van der Waals surface area contributed by atoms with Crippen LogP contribution in [0, 0.1) is 0 Å². The summed E-state index contributed by atoms with van der Waals surface area (Å²) in [5.74, 6) is -0.133. The predicted octanol–water partition coefficient (Wildman–Crippen LogP) is 5.25. The molecule has 3 rings (SSSR count). The van der Waals surface area contributed by atoms with Crippen molar-refractivity contribution in [3.05, 3.63) is 58.1 Å². The van der Waals surface area contributed by atoms with Gasteiger partial charge in [-0.3, -0.25) is 9.36 Å². The third-order valence-electron chi connectivity index (χ3n) is 3.36. The molecule has 0 bridgehead atoms. The van der Waals surface area contributed by atoms with Gasteiger partial charge in [0.15, 0.2) is 0 Å². The monoisotopic (exact) mass is 355 g/mol. The van der Waals surface area contributed by atoms with Gasteiger partial charge in [0, 0.05) is 16.1 Å². The highest BCUT2D eigenvalue weighted by Crippen LogP contribution is 2.57. The van der Waals surface area contributed by atoms with Crippen molar-refractivity contribution >= 4 is 42.3 Å². The van der Waals surface area contributed by atoms with Gasteiger partial charge >= 0.3 is 7.52 Å². The molecule has 0 aromatic heterocycles. The molecule has 0 spiro atoms. The number of carbonyl (C=O) groups is 1. The molecule has 0 saturated heterocycles. The highest BCUT2D eigenvalue weighted by atomic mass is 35.5. The molecule has 0 N–H and O–H groups in total. The van der Waals surface area contributed by atoms with Crippen LogP contribution in [0.2, 0.25) is 10.0 Å². The number of anilines is 1. The first-order valence-electron chi connectivity index (χ1n) is 6.63. The number of halogens is 2. The molecule has 1 heterocycles. The van der Waals surface area contributed by atoms with E-state index in [-0.39, 0.29) is 17.8 Å². The average molecular weight is 356 g/mol. The van der Waals surface area contributed by atoms with E-state index in [0.717, 1.165) is 0 Å². The zero-order valence-corrected chi connectivity index (χ0v) is 14.0. The van der Waals surface area contributed by atoms with Crippen LogP contribution in [0.15, 0.2) is 42.5 Å². The van der Waals surface area contributed by atoms with Crippen molar-refractivity contribution in [1.82, 2.24) is 0 Å². The van der Waals surface area contributed by atoms with Crippen molar-refractivity contribution < 1.29 is 13.9 Å². The van der Waals surface area contributed by atoms with Gasteiger partial charge < -0.3 is 4.52 Å². The minimum absolute atomic E-state index is 0.178. The first kappa shape index (κ1) is 15.4. The maximum absolute atomic E-state index is 13.1. The van der Waals surface area contributed by atoms with E-state index in [4.69, 9.17) is 27.7 Å². The fraction of sp³-hybridized carbons (Fsp3) is 0.133. The van der Waals surface area contributed by atoms with Crippen LogP contribution in [0.5, 0.6) is 5.75 Å². The second-order valence-electron chi connectivity index (χ2n) is 4.78. The summed E-state index contributed by atoms with van der Waals surface area (Å²) in [5, 5.41) is 0.875. The lowest BCUT2D eigenvalue weighted by Gasteiger charge is -2.35. The fourth-order valence-corrected chi connectivity index (χ4v) is 4.46. The van der Waals surface area contributed by atoms with E-state index in [1.54, 1.807) is 43.3 Å². The molecule has 4 nitrogen and oxygen atoms in total. The Morgan fingerprint density at radius 2 is 1.86 bits per heavy atom. The number of fused-ring (bicyclic) bond motifs is 1. The number of hydrogen-bond acceptors (Lipinski definition) is 3. The number of rotatable bonds is 2. The predicted molar refractivity (Wildman–Crippen MR) is 88.5 cm³/mol. The van der Waals surface area contributed by atoms with Gasteiger partial charge in [-0.1, -0.05) is 36.2 Å². The van der Waals surface area contributed by atoms with Crippen LogP contribution in [0.3, 0.4) is 0 Å². The number of nitrogens with zero attached hydrogens (tertiary/aromatic N) is 1. The highest BCUT2D eigenvalue weighted by molar-refractivity contribution is 7.62. The van der Waals surface area contributed by atoms with Gasteiger partial charge in [0.05, 0.1) is 17.4 Å². The Morgan fingerprint density at radius 3 is 2.55 bits per heavy atom. The SMILES string of the molecule is CCP1(=O)Oc2cc(Cl)ccc2C(=O)N1c1cccc(Cl)c1. The minimum atomic E-state index is -3.39. The molecular weight excluding hydrogens is 344 g/mol. The van der Waals surface area contributed by atoms with Gasteiger partial charge in [-0.05, 0) is 30.3 Å². The zero-order chi connectivity index (χ0) is 15.9. The summed E-state index contributed by atoms with van der Waals surface area (Å²) < 4.78 is 20.0. The van der Waals surface area contributed by atoms with E-state index < -0.39 is 7.52 Å². The van der Waals surface area contributed by atoms with E-state index in [2.05, 4.69) is 0 Å². The average Bonchev–Trinajstić information content (AvgIpc) is 2.47. The highest BCUT2D eigenvalue weighted by Gasteiger charge is 2.43. The molecule has 0 saturated carbocycles. The smallest absolute Gasteiger partial charge is 0.350 e. The molecular formula is C15H12Cl2NO3P. The topological polar surface area (TPSA) is 46.6 Å². The van der Waals surface area contributed by atoms with Crippen molar-refractivity contribution in [2.45, 2.75) is 6.92 Å². The summed E-state index contributed by atoms with van der Waals surface area (Å²) in [6.07, 6.45) is 0.178. The van der Waals surface area contributed by atoms with Crippen LogP contribution in [0.4, 0.5) is 5.69 Å². The zero-order valence-electron chi connectivity index (χ0n) is 11.6. The lowest BCUT2D eigenvalue weighted by molar-refractivity contribution is 0.0995. The Hall–Kier alpha value is -1.48.